The predicted octanol–water partition coefficient (Wildman–Crippen LogP) is 2.04. The van der Waals surface area contributed by atoms with E-state index in [1.54, 1.807) is 4.90 Å². The Morgan fingerprint density at radius 2 is 1.85 bits per heavy atom. The Kier molecular flexibility index (Phi) is 4.20. The minimum absolute atomic E-state index is 0.0107. The van der Waals surface area contributed by atoms with Crippen molar-refractivity contribution in [3.8, 4) is 0 Å². The quantitative estimate of drug-likeness (QED) is 0.906. The molecule has 0 aromatic carbocycles. The first kappa shape index (κ1) is 14.7. The Balaban J connectivity index is 2.13. The lowest BCUT2D eigenvalue weighted by molar-refractivity contribution is -0.142. The largest absolute Gasteiger partial charge is 0.408 e. The van der Waals surface area contributed by atoms with Crippen molar-refractivity contribution >= 4 is 11.6 Å². The summed E-state index contributed by atoms with van der Waals surface area (Å²) in [6.45, 7) is -0.0424. The minimum Gasteiger partial charge on any atom is -0.396 e. The maximum Gasteiger partial charge on any atom is 0.408 e. The van der Waals surface area contributed by atoms with Crippen LogP contribution in [0.3, 0.4) is 0 Å². The fourth-order valence-corrected chi connectivity index (χ4v) is 2.29. The summed E-state index contributed by atoms with van der Waals surface area (Å²) in [6.07, 6.45) is 0.577. The Morgan fingerprint density at radius 1 is 1.25 bits per heavy atom. The van der Waals surface area contributed by atoms with Crippen molar-refractivity contribution in [3.63, 3.8) is 0 Å². The highest BCUT2D eigenvalue weighted by molar-refractivity contribution is 5.97. The van der Waals surface area contributed by atoms with Gasteiger partial charge in [0.2, 0.25) is 0 Å². The molecule has 112 valence electrons. The fraction of sp³-hybridized carbons (Fsp3) is 0.667. The number of nitrogen functional groups attached to an aromatic ring is 1. The molecule has 1 aliphatic heterocycles. The average Bonchev–Trinajstić information content (AvgIpc) is 2.56. The second-order valence-corrected chi connectivity index (χ2v) is 4.95. The van der Waals surface area contributed by atoms with Gasteiger partial charge in [-0.1, -0.05) is 12.8 Å². The van der Waals surface area contributed by atoms with Crippen molar-refractivity contribution in [2.45, 2.75) is 38.4 Å². The molecule has 20 heavy (non-hydrogen) atoms. The van der Waals surface area contributed by atoms with Crippen molar-refractivity contribution in [2.75, 3.05) is 18.8 Å². The van der Waals surface area contributed by atoms with Crippen LogP contribution in [0.25, 0.3) is 0 Å². The van der Waals surface area contributed by atoms with Crippen molar-refractivity contribution < 1.29 is 18.0 Å². The number of likely N-dealkylation sites (tertiary alicyclic amines) is 1. The van der Waals surface area contributed by atoms with Crippen LogP contribution in [0.15, 0.2) is 6.20 Å². The second kappa shape index (κ2) is 5.72. The molecule has 1 aliphatic rings. The van der Waals surface area contributed by atoms with Gasteiger partial charge in [0.1, 0.15) is 6.54 Å². The van der Waals surface area contributed by atoms with Crippen LogP contribution in [0.5, 0.6) is 0 Å². The van der Waals surface area contributed by atoms with E-state index in [-0.39, 0.29) is 17.3 Å². The molecule has 0 aliphatic carbocycles. The maximum atomic E-state index is 12.3. The number of hydrogen-bond donors (Lipinski definition) is 1. The van der Waals surface area contributed by atoms with Crippen LogP contribution in [0.4, 0.5) is 18.9 Å². The molecule has 0 saturated carbocycles. The average molecular weight is 290 g/mol. The molecule has 8 heteroatoms. The molecule has 2 heterocycles. The first-order valence-corrected chi connectivity index (χ1v) is 6.56. The van der Waals surface area contributed by atoms with E-state index in [2.05, 4.69) is 5.10 Å². The summed E-state index contributed by atoms with van der Waals surface area (Å²) in [5.74, 6) is -0.384. The summed E-state index contributed by atoms with van der Waals surface area (Å²) < 4.78 is 37.6. The van der Waals surface area contributed by atoms with Crippen molar-refractivity contribution in [1.29, 1.82) is 0 Å². The van der Waals surface area contributed by atoms with Crippen LogP contribution < -0.4 is 5.73 Å². The molecule has 0 atom stereocenters. The number of carbonyl (C=O) groups is 1. The smallest absolute Gasteiger partial charge is 0.396 e. The summed E-state index contributed by atoms with van der Waals surface area (Å²) in [4.78, 5) is 13.9. The van der Waals surface area contributed by atoms with Crippen LogP contribution in [0.1, 0.15) is 36.2 Å². The van der Waals surface area contributed by atoms with Gasteiger partial charge in [0.25, 0.3) is 5.91 Å². The van der Waals surface area contributed by atoms with E-state index in [9.17, 15) is 18.0 Å². The zero-order valence-corrected chi connectivity index (χ0v) is 11.0. The van der Waals surface area contributed by atoms with E-state index < -0.39 is 12.7 Å². The summed E-state index contributed by atoms with van der Waals surface area (Å²) >= 11 is 0. The minimum atomic E-state index is -4.39. The van der Waals surface area contributed by atoms with Gasteiger partial charge in [0.15, 0.2) is 5.69 Å². The van der Waals surface area contributed by atoms with E-state index in [1.165, 1.54) is 0 Å². The summed E-state index contributed by atoms with van der Waals surface area (Å²) in [6, 6.07) is 0. The summed E-state index contributed by atoms with van der Waals surface area (Å²) in [7, 11) is 0. The molecule has 2 N–H and O–H groups in total. The maximum absolute atomic E-state index is 12.3. The number of carbonyl (C=O) groups excluding carboxylic acids is 1. The van der Waals surface area contributed by atoms with Crippen LogP contribution in [0.2, 0.25) is 0 Å². The molecule has 0 unspecified atom stereocenters. The number of nitrogens with two attached hydrogens (primary N) is 1. The highest BCUT2D eigenvalue weighted by atomic mass is 19.4. The topological polar surface area (TPSA) is 64.2 Å². The van der Waals surface area contributed by atoms with Crippen LogP contribution in [-0.4, -0.2) is 39.9 Å². The molecule has 1 fully saturated rings. The lowest BCUT2D eigenvalue weighted by atomic mass is 10.2. The monoisotopic (exact) mass is 290 g/mol. The number of amides is 1. The SMILES string of the molecule is Nc1cn(CC(F)(F)F)nc1C(=O)N1CCCCCC1. The van der Waals surface area contributed by atoms with Crippen molar-refractivity contribution in [3.05, 3.63) is 11.9 Å². The molecule has 2 rings (SSSR count). The highest BCUT2D eigenvalue weighted by Crippen LogP contribution is 2.20. The Morgan fingerprint density at radius 3 is 2.40 bits per heavy atom. The molecule has 0 bridgehead atoms. The number of nitrogens with zero attached hydrogens (tertiary/aromatic N) is 3. The van der Waals surface area contributed by atoms with Gasteiger partial charge in [-0.05, 0) is 12.8 Å². The van der Waals surface area contributed by atoms with Gasteiger partial charge in [-0.3, -0.25) is 9.48 Å². The van der Waals surface area contributed by atoms with E-state index in [4.69, 9.17) is 5.73 Å². The van der Waals surface area contributed by atoms with Crippen LogP contribution >= 0.6 is 0 Å². The number of aromatic nitrogens is 2. The molecule has 5 nitrogen and oxygen atoms in total. The van der Waals surface area contributed by atoms with E-state index >= 15 is 0 Å². The van der Waals surface area contributed by atoms with Gasteiger partial charge >= 0.3 is 6.18 Å². The molecule has 0 radical (unpaired) electrons. The molecule has 1 aromatic rings. The van der Waals surface area contributed by atoms with Gasteiger partial charge in [-0.2, -0.15) is 18.3 Å². The first-order valence-electron chi connectivity index (χ1n) is 6.56. The molecular formula is C12H17F3N4O. The second-order valence-electron chi connectivity index (χ2n) is 4.95. The summed E-state index contributed by atoms with van der Waals surface area (Å²) in [5.41, 5.74) is 5.51. The molecular weight excluding hydrogens is 273 g/mol. The Hall–Kier alpha value is -1.73. The Labute approximate surface area is 114 Å². The number of anilines is 1. The van der Waals surface area contributed by atoms with E-state index in [1.807, 2.05) is 0 Å². The number of hydrogen-bond acceptors (Lipinski definition) is 3. The number of rotatable bonds is 2. The van der Waals surface area contributed by atoms with E-state index in [0.717, 1.165) is 31.9 Å². The lowest BCUT2D eigenvalue weighted by Crippen LogP contribution is -2.32. The highest BCUT2D eigenvalue weighted by Gasteiger charge is 2.30. The van der Waals surface area contributed by atoms with Crippen molar-refractivity contribution in [1.82, 2.24) is 14.7 Å². The third-order valence-electron chi connectivity index (χ3n) is 3.23. The summed E-state index contributed by atoms with van der Waals surface area (Å²) in [5, 5.41) is 3.68. The van der Waals surface area contributed by atoms with Crippen molar-refractivity contribution in [2.24, 2.45) is 0 Å². The molecule has 1 saturated heterocycles. The van der Waals surface area contributed by atoms with E-state index in [0.29, 0.717) is 17.8 Å². The normalized spacial score (nSPS) is 17.1. The van der Waals surface area contributed by atoms with Gasteiger partial charge in [0.05, 0.1) is 5.69 Å². The number of halogens is 3. The van der Waals surface area contributed by atoms with Gasteiger partial charge in [-0.25, -0.2) is 0 Å². The van der Waals surface area contributed by atoms with Gasteiger partial charge in [-0.15, -0.1) is 0 Å². The molecule has 0 spiro atoms. The zero-order valence-electron chi connectivity index (χ0n) is 11.0. The van der Waals surface area contributed by atoms with Gasteiger partial charge < -0.3 is 10.6 Å². The standard InChI is InChI=1S/C12H17F3N4O/c13-12(14,15)8-19-7-9(16)10(17-19)11(20)18-5-3-1-2-4-6-18/h7H,1-6,8,16H2. The van der Waals surface area contributed by atoms with Crippen LogP contribution in [0, 0.1) is 0 Å². The first-order chi connectivity index (χ1) is 9.37. The Bertz CT molecular complexity index is 476. The number of alkyl halides is 3. The molecule has 1 aromatic heterocycles. The van der Waals surface area contributed by atoms with Crippen LogP contribution in [-0.2, 0) is 6.54 Å². The molecule has 1 amide bonds. The third-order valence-corrected chi connectivity index (χ3v) is 3.23. The zero-order chi connectivity index (χ0) is 14.8. The fourth-order valence-electron chi connectivity index (χ4n) is 2.29. The predicted molar refractivity (Wildman–Crippen MR) is 67.1 cm³/mol. The third kappa shape index (κ3) is 3.64. The lowest BCUT2D eigenvalue weighted by Gasteiger charge is -2.19. The van der Waals surface area contributed by atoms with Gasteiger partial charge in [0, 0.05) is 19.3 Å².